The summed E-state index contributed by atoms with van der Waals surface area (Å²) in [5, 5.41) is 4.98. The smallest absolute Gasteiger partial charge is 0.321 e. The fraction of sp³-hybridized carbons (Fsp3) is 0.600. The maximum absolute atomic E-state index is 13.0. The topological polar surface area (TPSA) is 100 Å². The summed E-state index contributed by atoms with van der Waals surface area (Å²) in [6.45, 7) is 6.40. The zero-order valence-corrected chi connectivity index (χ0v) is 18.0. The van der Waals surface area contributed by atoms with Crippen LogP contribution in [0.5, 0.6) is 0 Å². The lowest BCUT2D eigenvalue weighted by Crippen LogP contribution is -3.15. The van der Waals surface area contributed by atoms with Gasteiger partial charge in [0.05, 0.1) is 31.1 Å². The van der Waals surface area contributed by atoms with Crippen LogP contribution in [0.1, 0.15) is 31.4 Å². The zero-order chi connectivity index (χ0) is 21.0. The minimum absolute atomic E-state index is 0.155. The molecule has 8 nitrogen and oxygen atoms in total. The molecule has 0 atom stereocenters. The summed E-state index contributed by atoms with van der Waals surface area (Å²) in [5.74, 6) is -0.0432. The average molecular weight is 424 g/mol. The van der Waals surface area contributed by atoms with Crippen molar-refractivity contribution in [3.05, 3.63) is 29.3 Å². The van der Waals surface area contributed by atoms with Gasteiger partial charge in [0.1, 0.15) is 0 Å². The van der Waals surface area contributed by atoms with Crippen LogP contribution in [0.3, 0.4) is 0 Å². The Bertz CT molecular complexity index is 861. The fourth-order valence-electron chi connectivity index (χ4n) is 3.82. The molecule has 1 saturated heterocycles. The normalized spacial score (nSPS) is 17.9. The minimum atomic E-state index is -3.51. The number of nitrogens with zero attached hydrogens (tertiary/aromatic N) is 1. The molecule has 0 radical (unpaired) electrons. The number of fused-ring (bicyclic) bond motifs is 1. The summed E-state index contributed by atoms with van der Waals surface area (Å²) >= 11 is 0. The number of amides is 3. The second-order valence-electron chi connectivity index (χ2n) is 8.27. The molecular weight excluding hydrogens is 392 g/mol. The third-order valence-electron chi connectivity index (χ3n) is 5.47. The van der Waals surface area contributed by atoms with Gasteiger partial charge in [-0.05, 0) is 48.4 Å². The van der Waals surface area contributed by atoms with E-state index in [1.807, 2.05) is 26.0 Å². The van der Waals surface area contributed by atoms with Gasteiger partial charge in [-0.1, -0.05) is 19.9 Å². The number of hydrogen-bond donors (Lipinski definition) is 3. The summed E-state index contributed by atoms with van der Waals surface area (Å²) in [6.07, 6.45) is 3.05. The van der Waals surface area contributed by atoms with E-state index in [-0.39, 0.29) is 12.5 Å². The van der Waals surface area contributed by atoms with Gasteiger partial charge in [-0.2, -0.15) is 4.31 Å². The second kappa shape index (κ2) is 9.23. The number of carbonyl (C=O) groups is 2. The molecular formula is C20H31N4O4S+. The number of aryl methyl sites for hydroxylation is 2. The minimum Gasteiger partial charge on any atom is -0.338 e. The van der Waals surface area contributed by atoms with Crippen molar-refractivity contribution in [3.63, 3.8) is 0 Å². The Morgan fingerprint density at radius 1 is 1.14 bits per heavy atom. The number of hydrogen-bond acceptors (Lipinski definition) is 4. The number of benzene rings is 1. The van der Waals surface area contributed by atoms with Crippen molar-refractivity contribution in [2.24, 2.45) is 5.92 Å². The average Bonchev–Trinajstić information content (AvgIpc) is 3.14. The number of sulfonamides is 1. The Morgan fingerprint density at radius 2 is 1.83 bits per heavy atom. The monoisotopic (exact) mass is 423 g/mol. The lowest BCUT2D eigenvalue weighted by atomic mass is 10.1. The number of urea groups is 1. The van der Waals surface area contributed by atoms with Gasteiger partial charge in [-0.3, -0.25) is 10.1 Å². The van der Waals surface area contributed by atoms with E-state index >= 15 is 0 Å². The lowest BCUT2D eigenvalue weighted by molar-refractivity contribution is -0.895. The quantitative estimate of drug-likeness (QED) is 0.577. The van der Waals surface area contributed by atoms with Crippen LogP contribution in [0.25, 0.3) is 0 Å². The van der Waals surface area contributed by atoms with E-state index in [2.05, 4.69) is 10.6 Å². The maximum Gasteiger partial charge on any atom is 0.321 e. The Labute approximate surface area is 172 Å². The molecule has 1 aromatic carbocycles. The van der Waals surface area contributed by atoms with E-state index in [1.54, 1.807) is 6.07 Å². The highest BCUT2D eigenvalue weighted by Crippen LogP contribution is 2.26. The van der Waals surface area contributed by atoms with Crippen molar-refractivity contribution < 1.29 is 22.9 Å². The standard InChI is InChI=1S/C20H30N4O4S/c1-15(2)13-21-20(26)22-19(25)14-23-8-10-24(11-9-23)29(27,28)18-7-6-16-4-3-5-17(16)12-18/h6-7,12,15H,3-5,8-11,13-14H2,1-2H3,(H2,21,22,25,26)/p+1. The highest BCUT2D eigenvalue weighted by Gasteiger charge is 2.32. The third kappa shape index (κ3) is 5.55. The van der Waals surface area contributed by atoms with Crippen molar-refractivity contribution in [2.45, 2.75) is 38.0 Å². The Kier molecular flexibility index (Phi) is 6.92. The maximum atomic E-state index is 13.0. The summed E-state index contributed by atoms with van der Waals surface area (Å²) in [5.41, 5.74) is 2.39. The van der Waals surface area contributed by atoms with Gasteiger partial charge in [0.25, 0.3) is 5.91 Å². The summed E-state index contributed by atoms with van der Waals surface area (Å²) < 4.78 is 27.4. The van der Waals surface area contributed by atoms with Gasteiger partial charge in [-0.15, -0.1) is 0 Å². The van der Waals surface area contributed by atoms with Crippen LogP contribution in [0.4, 0.5) is 4.79 Å². The van der Waals surface area contributed by atoms with Gasteiger partial charge in [0.15, 0.2) is 6.54 Å². The highest BCUT2D eigenvalue weighted by atomic mass is 32.2. The van der Waals surface area contributed by atoms with Crippen LogP contribution in [-0.4, -0.2) is 63.9 Å². The molecule has 3 amide bonds. The van der Waals surface area contributed by atoms with E-state index in [0.29, 0.717) is 43.5 Å². The number of carbonyl (C=O) groups excluding carboxylic acids is 2. The van der Waals surface area contributed by atoms with Crippen molar-refractivity contribution in [2.75, 3.05) is 39.3 Å². The molecule has 1 aliphatic heterocycles. The molecule has 1 fully saturated rings. The predicted octanol–water partition coefficient (Wildman–Crippen LogP) is -0.454. The molecule has 0 spiro atoms. The second-order valence-corrected chi connectivity index (χ2v) is 10.2. The van der Waals surface area contributed by atoms with E-state index in [4.69, 9.17) is 0 Å². The van der Waals surface area contributed by atoms with E-state index in [9.17, 15) is 18.0 Å². The van der Waals surface area contributed by atoms with E-state index in [0.717, 1.165) is 29.7 Å². The van der Waals surface area contributed by atoms with Crippen LogP contribution in [0, 0.1) is 5.92 Å². The number of nitrogens with one attached hydrogen (secondary N) is 3. The fourth-order valence-corrected chi connectivity index (χ4v) is 5.31. The first-order valence-electron chi connectivity index (χ1n) is 10.3. The van der Waals surface area contributed by atoms with Crippen molar-refractivity contribution in [3.8, 4) is 0 Å². The Balaban J connectivity index is 1.49. The predicted molar refractivity (Wildman–Crippen MR) is 109 cm³/mol. The van der Waals surface area contributed by atoms with Crippen LogP contribution in [0.15, 0.2) is 23.1 Å². The van der Waals surface area contributed by atoms with Crippen molar-refractivity contribution in [1.29, 1.82) is 0 Å². The molecule has 0 saturated carbocycles. The molecule has 0 bridgehead atoms. The largest absolute Gasteiger partial charge is 0.338 e. The molecule has 1 heterocycles. The summed E-state index contributed by atoms with van der Waals surface area (Å²) in [7, 11) is -3.51. The molecule has 1 aromatic rings. The van der Waals surface area contributed by atoms with Gasteiger partial charge >= 0.3 is 6.03 Å². The van der Waals surface area contributed by atoms with Crippen LogP contribution >= 0.6 is 0 Å². The molecule has 160 valence electrons. The molecule has 29 heavy (non-hydrogen) atoms. The highest BCUT2D eigenvalue weighted by molar-refractivity contribution is 7.89. The van der Waals surface area contributed by atoms with Crippen molar-refractivity contribution in [1.82, 2.24) is 14.9 Å². The van der Waals surface area contributed by atoms with Crippen molar-refractivity contribution >= 4 is 22.0 Å². The molecule has 0 aromatic heterocycles. The number of imide groups is 1. The number of piperazine rings is 1. The van der Waals surface area contributed by atoms with Crippen LogP contribution < -0.4 is 15.5 Å². The zero-order valence-electron chi connectivity index (χ0n) is 17.2. The first-order chi connectivity index (χ1) is 13.8. The third-order valence-corrected chi connectivity index (χ3v) is 7.37. The van der Waals surface area contributed by atoms with Crippen LogP contribution in [0.2, 0.25) is 0 Å². The van der Waals surface area contributed by atoms with Gasteiger partial charge in [0.2, 0.25) is 10.0 Å². The number of quaternary nitrogens is 1. The first-order valence-corrected chi connectivity index (χ1v) is 11.7. The van der Waals surface area contributed by atoms with E-state index < -0.39 is 16.1 Å². The number of rotatable bonds is 6. The lowest BCUT2D eigenvalue weighted by Gasteiger charge is -2.31. The summed E-state index contributed by atoms with van der Waals surface area (Å²) in [4.78, 5) is 25.1. The molecule has 2 aliphatic rings. The molecule has 3 N–H and O–H groups in total. The SMILES string of the molecule is CC(C)CNC(=O)NC(=O)C[NH+]1CCN(S(=O)(=O)c2ccc3c(c2)CCC3)CC1. The van der Waals surface area contributed by atoms with E-state index in [1.165, 1.54) is 9.87 Å². The molecule has 0 unspecified atom stereocenters. The van der Waals surface area contributed by atoms with Crippen LogP contribution in [-0.2, 0) is 27.7 Å². The molecule has 3 rings (SSSR count). The van der Waals surface area contributed by atoms with Gasteiger partial charge in [0, 0.05) is 6.54 Å². The Morgan fingerprint density at radius 3 is 2.52 bits per heavy atom. The molecule has 1 aliphatic carbocycles. The van der Waals surface area contributed by atoms with Gasteiger partial charge < -0.3 is 10.2 Å². The summed E-state index contributed by atoms with van der Waals surface area (Å²) in [6, 6.07) is 4.98. The first kappa shape index (κ1) is 21.7. The van der Waals surface area contributed by atoms with Gasteiger partial charge in [-0.25, -0.2) is 13.2 Å². The Hall–Kier alpha value is -1.97. The molecule has 9 heteroatoms.